The Balaban J connectivity index is 1.45. The normalized spacial score (nSPS) is 47.1. The Morgan fingerprint density at radius 1 is 0.939 bits per heavy atom. The molecule has 188 valence electrons. The highest BCUT2D eigenvalue weighted by Crippen LogP contribution is 2.68. The van der Waals surface area contributed by atoms with Gasteiger partial charge in [0.2, 0.25) is 0 Å². The van der Waals surface area contributed by atoms with Crippen LogP contribution in [0.15, 0.2) is 11.6 Å². The maximum Gasteiger partial charge on any atom is 0.167 e. The summed E-state index contributed by atoms with van der Waals surface area (Å²) in [5.41, 5.74) is 1.06. The molecule has 4 nitrogen and oxygen atoms in total. The van der Waals surface area contributed by atoms with Crippen molar-refractivity contribution in [1.29, 1.82) is 0 Å². The molecule has 4 heteroatoms. The van der Waals surface area contributed by atoms with Gasteiger partial charge < -0.3 is 19.7 Å². The quantitative estimate of drug-likeness (QED) is 0.294. The summed E-state index contributed by atoms with van der Waals surface area (Å²) in [6, 6.07) is 0. The molecule has 4 saturated carbocycles. The SMILES string of the molecule is CCC1(O)CC[C@H]2[C@@H]3CCC4=CC(O)CC[C@]4(COC4(OC)CCCCCC4)[C@@H]3CC[C@@]21C. The molecule has 0 aromatic heterocycles. The number of hydrogen-bond acceptors (Lipinski definition) is 4. The van der Waals surface area contributed by atoms with Gasteiger partial charge in [-0.25, -0.2) is 0 Å². The van der Waals surface area contributed by atoms with Crippen molar-refractivity contribution < 1.29 is 19.7 Å². The second kappa shape index (κ2) is 8.91. The number of aliphatic hydroxyl groups excluding tert-OH is 1. The van der Waals surface area contributed by atoms with Crippen LogP contribution in [0.3, 0.4) is 0 Å². The molecular formula is C29H48O4. The number of rotatable bonds is 5. The van der Waals surface area contributed by atoms with Gasteiger partial charge >= 0.3 is 0 Å². The van der Waals surface area contributed by atoms with Crippen LogP contribution in [0.5, 0.6) is 0 Å². The topological polar surface area (TPSA) is 58.9 Å². The zero-order valence-corrected chi connectivity index (χ0v) is 21.4. The minimum atomic E-state index is -0.494. The van der Waals surface area contributed by atoms with Gasteiger partial charge in [0.05, 0.1) is 18.3 Å². The van der Waals surface area contributed by atoms with E-state index >= 15 is 0 Å². The van der Waals surface area contributed by atoms with Crippen molar-refractivity contribution in [3.8, 4) is 0 Å². The number of hydrogen-bond donors (Lipinski definition) is 2. The predicted molar refractivity (Wildman–Crippen MR) is 131 cm³/mol. The molecule has 2 unspecified atom stereocenters. The molecule has 0 aliphatic heterocycles. The van der Waals surface area contributed by atoms with Gasteiger partial charge in [-0.15, -0.1) is 0 Å². The van der Waals surface area contributed by atoms with Crippen LogP contribution in [0, 0.1) is 28.6 Å². The predicted octanol–water partition coefficient (Wildman–Crippen LogP) is 6.14. The number of ether oxygens (including phenoxy) is 2. The molecule has 5 aliphatic rings. The Bertz CT molecular complexity index is 740. The van der Waals surface area contributed by atoms with E-state index < -0.39 is 11.4 Å². The van der Waals surface area contributed by atoms with Crippen LogP contribution in [0.4, 0.5) is 0 Å². The fraction of sp³-hybridized carbons (Fsp3) is 0.931. The number of methoxy groups -OCH3 is 1. The van der Waals surface area contributed by atoms with E-state index in [4.69, 9.17) is 9.47 Å². The molecule has 0 radical (unpaired) electrons. The van der Waals surface area contributed by atoms with Gasteiger partial charge in [-0.2, -0.15) is 0 Å². The summed E-state index contributed by atoms with van der Waals surface area (Å²) in [6.07, 6.45) is 18.3. The van der Waals surface area contributed by atoms with E-state index in [1.54, 1.807) is 0 Å². The molecule has 33 heavy (non-hydrogen) atoms. The van der Waals surface area contributed by atoms with E-state index in [2.05, 4.69) is 19.9 Å². The molecule has 0 aromatic carbocycles. The van der Waals surface area contributed by atoms with Crippen molar-refractivity contribution in [3.63, 3.8) is 0 Å². The molecule has 0 heterocycles. The van der Waals surface area contributed by atoms with Gasteiger partial charge in [0.15, 0.2) is 5.79 Å². The van der Waals surface area contributed by atoms with E-state index in [-0.39, 0.29) is 16.9 Å². The zero-order valence-electron chi connectivity index (χ0n) is 21.4. The summed E-state index contributed by atoms with van der Waals surface area (Å²) in [5, 5.41) is 22.1. The van der Waals surface area contributed by atoms with Crippen LogP contribution in [0.25, 0.3) is 0 Å². The zero-order chi connectivity index (χ0) is 23.3. The molecule has 7 atom stereocenters. The monoisotopic (exact) mass is 460 g/mol. The van der Waals surface area contributed by atoms with Crippen molar-refractivity contribution in [2.75, 3.05) is 13.7 Å². The Labute approximate surface area is 201 Å². The van der Waals surface area contributed by atoms with Gasteiger partial charge in [-0.05, 0) is 93.8 Å². The van der Waals surface area contributed by atoms with Crippen LogP contribution in [-0.2, 0) is 9.47 Å². The maximum absolute atomic E-state index is 11.6. The fourth-order valence-electron chi connectivity index (χ4n) is 9.40. The molecule has 5 aliphatic carbocycles. The first-order valence-electron chi connectivity index (χ1n) is 14.1. The van der Waals surface area contributed by atoms with Gasteiger partial charge in [-0.3, -0.25) is 0 Å². The lowest BCUT2D eigenvalue weighted by atomic mass is 9.46. The molecule has 0 bridgehead atoms. The standard InChI is InChI=1S/C29H48O4/c1-4-28(31)18-13-24-23-10-9-21-19-22(30)11-17-27(21,25(23)12-16-26(24,28)2)20-33-29(32-3)14-7-5-6-8-15-29/h19,22-25,30-31H,4-18,20H2,1-3H3/t22?,23-,24-,25+,26-,27+,28?/m0/s1. The fourth-order valence-corrected chi connectivity index (χ4v) is 9.40. The molecule has 4 fully saturated rings. The van der Waals surface area contributed by atoms with Gasteiger partial charge in [0.1, 0.15) is 0 Å². The minimum Gasteiger partial charge on any atom is -0.389 e. The highest BCUT2D eigenvalue weighted by atomic mass is 16.7. The summed E-state index contributed by atoms with van der Waals surface area (Å²) in [5.74, 6) is 1.44. The second-order valence-corrected chi connectivity index (χ2v) is 12.6. The number of aliphatic hydroxyl groups is 2. The third kappa shape index (κ3) is 3.77. The van der Waals surface area contributed by atoms with E-state index in [1.807, 2.05) is 7.11 Å². The molecular weight excluding hydrogens is 412 g/mol. The van der Waals surface area contributed by atoms with Crippen LogP contribution >= 0.6 is 0 Å². The summed E-state index contributed by atoms with van der Waals surface area (Å²) in [7, 11) is 1.84. The van der Waals surface area contributed by atoms with Gasteiger partial charge in [-0.1, -0.05) is 38.3 Å². The smallest absolute Gasteiger partial charge is 0.167 e. The summed E-state index contributed by atoms with van der Waals surface area (Å²) in [4.78, 5) is 0. The van der Waals surface area contributed by atoms with Crippen molar-refractivity contribution in [2.45, 2.75) is 128 Å². The van der Waals surface area contributed by atoms with Crippen molar-refractivity contribution in [3.05, 3.63) is 11.6 Å². The van der Waals surface area contributed by atoms with Crippen LogP contribution < -0.4 is 0 Å². The first-order valence-corrected chi connectivity index (χ1v) is 14.1. The Morgan fingerprint density at radius 3 is 2.36 bits per heavy atom. The van der Waals surface area contributed by atoms with Crippen molar-refractivity contribution in [1.82, 2.24) is 0 Å². The van der Waals surface area contributed by atoms with Crippen molar-refractivity contribution >= 4 is 0 Å². The largest absolute Gasteiger partial charge is 0.389 e. The van der Waals surface area contributed by atoms with Crippen LogP contribution in [0.1, 0.15) is 110 Å². The number of fused-ring (bicyclic) bond motifs is 5. The van der Waals surface area contributed by atoms with E-state index in [0.717, 1.165) is 58.0 Å². The van der Waals surface area contributed by atoms with Crippen LogP contribution in [-0.4, -0.2) is 41.4 Å². The molecule has 0 saturated heterocycles. The third-order valence-electron chi connectivity index (χ3n) is 11.5. The van der Waals surface area contributed by atoms with Crippen LogP contribution in [0.2, 0.25) is 0 Å². The summed E-state index contributed by atoms with van der Waals surface area (Å²) < 4.78 is 13.0. The third-order valence-corrected chi connectivity index (χ3v) is 11.5. The highest BCUT2D eigenvalue weighted by Gasteiger charge is 2.64. The Morgan fingerprint density at radius 2 is 1.67 bits per heavy atom. The maximum atomic E-state index is 11.6. The average molecular weight is 461 g/mol. The Kier molecular flexibility index (Phi) is 6.55. The first-order chi connectivity index (χ1) is 15.8. The molecule has 0 spiro atoms. The first kappa shape index (κ1) is 24.3. The molecule has 5 rings (SSSR count). The highest BCUT2D eigenvalue weighted by molar-refractivity contribution is 5.27. The summed E-state index contributed by atoms with van der Waals surface area (Å²) in [6.45, 7) is 5.31. The summed E-state index contributed by atoms with van der Waals surface area (Å²) >= 11 is 0. The van der Waals surface area contributed by atoms with Crippen molar-refractivity contribution in [2.24, 2.45) is 28.6 Å². The molecule has 0 amide bonds. The Hall–Kier alpha value is -0.420. The molecule has 2 N–H and O–H groups in total. The second-order valence-electron chi connectivity index (χ2n) is 12.6. The molecule has 0 aromatic rings. The lowest BCUT2D eigenvalue weighted by Crippen LogP contribution is -2.57. The van der Waals surface area contributed by atoms with E-state index in [1.165, 1.54) is 50.5 Å². The van der Waals surface area contributed by atoms with E-state index in [9.17, 15) is 10.2 Å². The minimum absolute atomic E-state index is 0.0359. The lowest BCUT2D eigenvalue weighted by Gasteiger charge is -2.60. The van der Waals surface area contributed by atoms with E-state index in [0.29, 0.717) is 17.8 Å². The lowest BCUT2D eigenvalue weighted by molar-refractivity contribution is -0.251. The average Bonchev–Trinajstić information content (AvgIpc) is 2.96. The van der Waals surface area contributed by atoms with Gasteiger partial charge in [0, 0.05) is 25.4 Å². The van der Waals surface area contributed by atoms with Gasteiger partial charge in [0.25, 0.3) is 0 Å².